The zero-order chi connectivity index (χ0) is 12.7. The highest BCUT2D eigenvalue weighted by Gasteiger charge is 2.34. The normalized spacial score (nSPS) is 20.8. The molecule has 0 saturated heterocycles. The highest BCUT2D eigenvalue weighted by atomic mass is 15.2. The zero-order valence-corrected chi connectivity index (χ0v) is 12.2. The van der Waals surface area contributed by atoms with Gasteiger partial charge >= 0.3 is 0 Å². The van der Waals surface area contributed by atoms with E-state index in [0.29, 0.717) is 5.54 Å². The molecule has 1 aliphatic rings. The van der Waals surface area contributed by atoms with Crippen LogP contribution in [0.3, 0.4) is 0 Å². The van der Waals surface area contributed by atoms with Crippen LogP contribution in [-0.4, -0.2) is 30.1 Å². The average molecular weight is 240 g/mol. The fourth-order valence-electron chi connectivity index (χ4n) is 3.18. The second kappa shape index (κ2) is 7.38. The summed E-state index contributed by atoms with van der Waals surface area (Å²) < 4.78 is 0. The molecular weight excluding hydrogens is 208 g/mol. The summed E-state index contributed by atoms with van der Waals surface area (Å²) >= 11 is 0. The van der Waals surface area contributed by atoms with E-state index >= 15 is 0 Å². The van der Waals surface area contributed by atoms with Crippen molar-refractivity contribution in [1.29, 1.82) is 0 Å². The molecular formula is C15H32N2. The van der Waals surface area contributed by atoms with Gasteiger partial charge in [-0.1, -0.05) is 46.5 Å². The minimum absolute atomic E-state index is 0.320. The maximum atomic E-state index is 6.15. The first-order valence-electron chi connectivity index (χ1n) is 7.60. The summed E-state index contributed by atoms with van der Waals surface area (Å²) in [5, 5.41) is 0. The molecule has 0 aliphatic heterocycles. The van der Waals surface area contributed by atoms with E-state index in [9.17, 15) is 0 Å². The monoisotopic (exact) mass is 240 g/mol. The number of hydrogen-bond donors (Lipinski definition) is 1. The van der Waals surface area contributed by atoms with Crippen LogP contribution >= 0.6 is 0 Å². The van der Waals surface area contributed by atoms with Gasteiger partial charge in [-0.2, -0.15) is 0 Å². The van der Waals surface area contributed by atoms with Crippen molar-refractivity contribution in [1.82, 2.24) is 4.90 Å². The van der Waals surface area contributed by atoms with Crippen LogP contribution in [0.5, 0.6) is 0 Å². The van der Waals surface area contributed by atoms with Crippen LogP contribution in [0.15, 0.2) is 0 Å². The molecule has 1 rings (SSSR count). The third kappa shape index (κ3) is 4.26. The standard InChI is InChI=1S/C15H32N2/c1-4-17(12-9-14(2)3)15(13-16)10-7-5-6-8-11-15/h14H,4-13,16H2,1-3H3. The third-order valence-corrected chi connectivity index (χ3v) is 4.44. The van der Waals surface area contributed by atoms with Crippen LogP contribution in [0, 0.1) is 5.92 Å². The lowest BCUT2D eigenvalue weighted by Gasteiger charge is -2.43. The zero-order valence-electron chi connectivity index (χ0n) is 12.2. The van der Waals surface area contributed by atoms with Gasteiger partial charge in [-0.3, -0.25) is 4.90 Å². The Hall–Kier alpha value is -0.0800. The summed E-state index contributed by atoms with van der Waals surface area (Å²) in [6, 6.07) is 0. The van der Waals surface area contributed by atoms with Crippen molar-refractivity contribution in [2.75, 3.05) is 19.6 Å². The summed E-state index contributed by atoms with van der Waals surface area (Å²) in [6.45, 7) is 10.2. The minimum Gasteiger partial charge on any atom is -0.329 e. The number of nitrogens with two attached hydrogens (primary N) is 1. The predicted molar refractivity (Wildman–Crippen MR) is 76.2 cm³/mol. The molecule has 0 aromatic rings. The van der Waals surface area contributed by atoms with Gasteiger partial charge in [-0.25, -0.2) is 0 Å². The van der Waals surface area contributed by atoms with Gasteiger partial charge in [0.25, 0.3) is 0 Å². The number of likely N-dealkylation sites (N-methyl/N-ethyl adjacent to an activating group) is 1. The van der Waals surface area contributed by atoms with Gasteiger partial charge < -0.3 is 5.73 Å². The van der Waals surface area contributed by atoms with Gasteiger partial charge in [0.1, 0.15) is 0 Å². The van der Waals surface area contributed by atoms with Crippen molar-refractivity contribution in [3.63, 3.8) is 0 Å². The Morgan fingerprint density at radius 3 is 2.12 bits per heavy atom. The van der Waals surface area contributed by atoms with Gasteiger partial charge in [-0.05, 0) is 38.3 Å². The predicted octanol–water partition coefficient (Wildman–Crippen LogP) is 3.41. The van der Waals surface area contributed by atoms with Crippen LogP contribution in [0.25, 0.3) is 0 Å². The fourth-order valence-corrected chi connectivity index (χ4v) is 3.18. The number of hydrogen-bond acceptors (Lipinski definition) is 2. The van der Waals surface area contributed by atoms with E-state index in [2.05, 4.69) is 25.7 Å². The molecule has 1 saturated carbocycles. The summed E-state index contributed by atoms with van der Waals surface area (Å²) in [6.07, 6.45) is 9.48. The lowest BCUT2D eigenvalue weighted by Crippen LogP contribution is -2.54. The van der Waals surface area contributed by atoms with E-state index in [1.807, 2.05) is 0 Å². The Bertz CT molecular complexity index is 193. The quantitative estimate of drug-likeness (QED) is 0.721. The van der Waals surface area contributed by atoms with Crippen molar-refractivity contribution < 1.29 is 0 Å². The fraction of sp³-hybridized carbons (Fsp3) is 1.00. The van der Waals surface area contributed by atoms with Crippen molar-refractivity contribution in [2.45, 2.75) is 71.3 Å². The topological polar surface area (TPSA) is 29.3 Å². The molecule has 1 fully saturated rings. The van der Waals surface area contributed by atoms with Crippen LogP contribution in [0.1, 0.15) is 65.7 Å². The molecule has 2 nitrogen and oxygen atoms in total. The Kier molecular flexibility index (Phi) is 6.50. The number of nitrogens with zero attached hydrogens (tertiary/aromatic N) is 1. The Balaban J connectivity index is 2.65. The summed E-state index contributed by atoms with van der Waals surface area (Å²) in [5.74, 6) is 0.796. The molecule has 0 bridgehead atoms. The smallest absolute Gasteiger partial charge is 0.0331 e. The van der Waals surface area contributed by atoms with Gasteiger partial charge in [0.05, 0.1) is 0 Å². The maximum Gasteiger partial charge on any atom is 0.0331 e. The number of rotatable bonds is 6. The molecule has 0 aromatic carbocycles. The largest absolute Gasteiger partial charge is 0.329 e. The highest BCUT2D eigenvalue weighted by Crippen LogP contribution is 2.32. The second-order valence-corrected chi connectivity index (χ2v) is 6.10. The molecule has 0 heterocycles. The lowest BCUT2D eigenvalue weighted by molar-refractivity contribution is 0.0785. The molecule has 1 aliphatic carbocycles. The molecule has 2 N–H and O–H groups in total. The average Bonchev–Trinajstić information content (AvgIpc) is 2.56. The first-order chi connectivity index (χ1) is 8.14. The lowest BCUT2D eigenvalue weighted by atomic mass is 9.87. The Morgan fingerprint density at radius 1 is 1.12 bits per heavy atom. The van der Waals surface area contributed by atoms with Gasteiger partial charge in [0, 0.05) is 12.1 Å². The SMILES string of the molecule is CCN(CCC(C)C)C1(CN)CCCCCC1. The van der Waals surface area contributed by atoms with Crippen molar-refractivity contribution in [2.24, 2.45) is 11.7 Å². The second-order valence-electron chi connectivity index (χ2n) is 6.10. The molecule has 0 spiro atoms. The highest BCUT2D eigenvalue weighted by molar-refractivity contribution is 4.92. The molecule has 17 heavy (non-hydrogen) atoms. The van der Waals surface area contributed by atoms with Crippen molar-refractivity contribution >= 4 is 0 Å². The van der Waals surface area contributed by atoms with Crippen LogP contribution in [0.2, 0.25) is 0 Å². The van der Waals surface area contributed by atoms with Gasteiger partial charge in [-0.15, -0.1) is 0 Å². The molecule has 0 amide bonds. The van der Waals surface area contributed by atoms with E-state index in [-0.39, 0.29) is 0 Å². The minimum atomic E-state index is 0.320. The maximum absolute atomic E-state index is 6.15. The van der Waals surface area contributed by atoms with E-state index < -0.39 is 0 Å². The van der Waals surface area contributed by atoms with Crippen molar-refractivity contribution in [3.8, 4) is 0 Å². The first-order valence-corrected chi connectivity index (χ1v) is 7.60. The molecule has 0 aromatic heterocycles. The van der Waals surface area contributed by atoms with Crippen LogP contribution < -0.4 is 5.73 Å². The van der Waals surface area contributed by atoms with E-state index in [4.69, 9.17) is 5.73 Å². The summed E-state index contributed by atoms with van der Waals surface area (Å²) in [7, 11) is 0. The van der Waals surface area contributed by atoms with Gasteiger partial charge in [0.15, 0.2) is 0 Å². The third-order valence-electron chi connectivity index (χ3n) is 4.44. The Labute approximate surface area is 108 Å². The summed E-state index contributed by atoms with van der Waals surface area (Å²) in [4.78, 5) is 2.68. The molecule has 102 valence electrons. The first kappa shape index (κ1) is 15.0. The van der Waals surface area contributed by atoms with E-state index in [0.717, 1.165) is 19.0 Å². The van der Waals surface area contributed by atoms with Gasteiger partial charge in [0.2, 0.25) is 0 Å². The van der Waals surface area contributed by atoms with E-state index in [1.165, 1.54) is 51.5 Å². The molecule has 0 atom stereocenters. The molecule has 2 heteroatoms. The van der Waals surface area contributed by atoms with Crippen molar-refractivity contribution in [3.05, 3.63) is 0 Å². The molecule has 0 radical (unpaired) electrons. The van der Waals surface area contributed by atoms with E-state index in [1.54, 1.807) is 0 Å². The summed E-state index contributed by atoms with van der Waals surface area (Å²) in [5.41, 5.74) is 6.47. The Morgan fingerprint density at radius 2 is 1.71 bits per heavy atom. The van der Waals surface area contributed by atoms with Crippen LogP contribution in [0.4, 0.5) is 0 Å². The molecule has 0 unspecified atom stereocenters. The van der Waals surface area contributed by atoms with Crippen LogP contribution in [-0.2, 0) is 0 Å².